The van der Waals surface area contributed by atoms with Gasteiger partial charge in [-0.05, 0) is 31.4 Å². The van der Waals surface area contributed by atoms with Gasteiger partial charge in [0.1, 0.15) is 0 Å². The average molecular weight is 306 g/mol. The molecule has 21 heavy (non-hydrogen) atoms. The zero-order valence-electron chi connectivity index (χ0n) is 12.6. The van der Waals surface area contributed by atoms with Crippen molar-refractivity contribution in [2.45, 2.75) is 24.7 Å². The average Bonchev–Trinajstić information content (AvgIpc) is 2.53. The Labute approximate surface area is 130 Å². The first-order valence-corrected chi connectivity index (χ1v) is 8.28. The number of amides is 2. The maximum Gasteiger partial charge on any atom is 0.232 e. The minimum atomic E-state index is 0.0584. The van der Waals surface area contributed by atoms with Crippen LogP contribution in [0.5, 0.6) is 0 Å². The van der Waals surface area contributed by atoms with E-state index in [1.807, 2.05) is 23.1 Å². The van der Waals surface area contributed by atoms with Crippen LogP contribution < -0.4 is 5.32 Å². The molecule has 4 nitrogen and oxygen atoms in total. The Hall–Kier alpha value is -1.49. The van der Waals surface area contributed by atoms with E-state index in [4.69, 9.17) is 0 Å². The number of carbonyl (C=O) groups is 2. The first kappa shape index (κ1) is 15.9. The van der Waals surface area contributed by atoms with Gasteiger partial charge >= 0.3 is 0 Å². The lowest BCUT2D eigenvalue weighted by Crippen LogP contribution is -2.43. The van der Waals surface area contributed by atoms with E-state index in [1.54, 1.807) is 18.8 Å². The number of thioether (sulfide) groups is 1. The van der Waals surface area contributed by atoms with Gasteiger partial charge in [-0.2, -0.15) is 0 Å². The molecule has 2 rings (SSSR count). The Morgan fingerprint density at radius 1 is 1.29 bits per heavy atom. The fraction of sp³-hybridized carbons (Fsp3) is 0.500. The summed E-state index contributed by atoms with van der Waals surface area (Å²) in [6, 6.07) is 8.10. The summed E-state index contributed by atoms with van der Waals surface area (Å²) in [4.78, 5) is 26.8. The highest BCUT2D eigenvalue weighted by Gasteiger charge is 2.26. The Morgan fingerprint density at radius 2 is 1.95 bits per heavy atom. The number of nitrogens with zero attached hydrogens (tertiary/aromatic N) is 1. The van der Waals surface area contributed by atoms with Crippen LogP contribution in [0.2, 0.25) is 0 Å². The quantitative estimate of drug-likeness (QED) is 0.866. The standard InChI is InChI=1S/C16H22N2O2S/c1-12-5-3-4-6-14(12)21-11-15(19)18-9-7-13(8-10-18)16(20)17-2/h3-6,13H,7-11H2,1-2H3,(H,17,20). The van der Waals surface area contributed by atoms with E-state index >= 15 is 0 Å². The third-order valence-electron chi connectivity index (χ3n) is 3.91. The molecule has 5 heteroatoms. The van der Waals surface area contributed by atoms with Gasteiger partial charge in [0, 0.05) is 31.0 Å². The van der Waals surface area contributed by atoms with Crippen molar-refractivity contribution >= 4 is 23.6 Å². The molecule has 0 aliphatic carbocycles. The molecule has 0 unspecified atom stereocenters. The summed E-state index contributed by atoms with van der Waals surface area (Å²) in [5, 5.41) is 2.69. The van der Waals surface area contributed by atoms with Gasteiger partial charge in [-0.1, -0.05) is 18.2 Å². The van der Waals surface area contributed by atoms with Crippen molar-refractivity contribution < 1.29 is 9.59 Å². The maximum absolute atomic E-state index is 12.2. The molecule has 1 heterocycles. The summed E-state index contributed by atoms with van der Waals surface area (Å²) in [7, 11) is 1.67. The van der Waals surface area contributed by atoms with Crippen LogP contribution in [0.3, 0.4) is 0 Å². The van der Waals surface area contributed by atoms with Crippen LogP contribution in [0.1, 0.15) is 18.4 Å². The van der Waals surface area contributed by atoms with Crippen molar-refractivity contribution in [3.05, 3.63) is 29.8 Å². The van der Waals surface area contributed by atoms with Crippen LogP contribution in [0, 0.1) is 12.8 Å². The summed E-state index contributed by atoms with van der Waals surface area (Å²) in [5.41, 5.74) is 1.20. The monoisotopic (exact) mass is 306 g/mol. The Kier molecular flexibility index (Phi) is 5.67. The Morgan fingerprint density at radius 3 is 2.57 bits per heavy atom. The van der Waals surface area contributed by atoms with E-state index in [-0.39, 0.29) is 17.7 Å². The molecule has 2 amide bonds. The molecule has 0 atom stereocenters. The number of carbonyl (C=O) groups excluding carboxylic acids is 2. The predicted molar refractivity (Wildman–Crippen MR) is 85.3 cm³/mol. The van der Waals surface area contributed by atoms with Crippen LogP contribution in [0.15, 0.2) is 29.2 Å². The molecule has 0 saturated carbocycles. The highest BCUT2D eigenvalue weighted by atomic mass is 32.2. The lowest BCUT2D eigenvalue weighted by Gasteiger charge is -2.31. The van der Waals surface area contributed by atoms with Crippen LogP contribution in [0.25, 0.3) is 0 Å². The molecular formula is C16H22N2O2S. The summed E-state index contributed by atoms with van der Waals surface area (Å²) >= 11 is 1.59. The smallest absolute Gasteiger partial charge is 0.232 e. The fourth-order valence-corrected chi connectivity index (χ4v) is 3.48. The first-order valence-electron chi connectivity index (χ1n) is 7.29. The molecule has 1 aromatic carbocycles. The van der Waals surface area contributed by atoms with Crippen molar-refractivity contribution in [2.75, 3.05) is 25.9 Å². The van der Waals surface area contributed by atoms with Crippen molar-refractivity contribution in [1.29, 1.82) is 0 Å². The normalized spacial score (nSPS) is 15.8. The maximum atomic E-state index is 12.2. The number of hydrogen-bond donors (Lipinski definition) is 1. The SMILES string of the molecule is CNC(=O)C1CCN(C(=O)CSc2ccccc2C)CC1. The zero-order valence-corrected chi connectivity index (χ0v) is 13.4. The lowest BCUT2D eigenvalue weighted by atomic mass is 9.96. The van der Waals surface area contributed by atoms with Gasteiger partial charge in [0.25, 0.3) is 0 Å². The van der Waals surface area contributed by atoms with E-state index < -0.39 is 0 Å². The van der Waals surface area contributed by atoms with Crippen molar-refractivity contribution in [3.8, 4) is 0 Å². The number of nitrogens with one attached hydrogen (secondary N) is 1. The number of aryl methyl sites for hydroxylation is 1. The third kappa shape index (κ3) is 4.24. The van der Waals surface area contributed by atoms with Gasteiger partial charge in [-0.15, -0.1) is 11.8 Å². The van der Waals surface area contributed by atoms with E-state index in [0.717, 1.165) is 17.7 Å². The van der Waals surface area contributed by atoms with Crippen LogP contribution in [-0.4, -0.2) is 42.6 Å². The second-order valence-corrected chi connectivity index (χ2v) is 6.34. The first-order chi connectivity index (χ1) is 10.1. The minimum absolute atomic E-state index is 0.0584. The molecular weight excluding hydrogens is 284 g/mol. The minimum Gasteiger partial charge on any atom is -0.359 e. The van der Waals surface area contributed by atoms with Gasteiger partial charge in [0.2, 0.25) is 11.8 Å². The van der Waals surface area contributed by atoms with Crippen LogP contribution in [0.4, 0.5) is 0 Å². The number of benzene rings is 1. The topological polar surface area (TPSA) is 49.4 Å². The van der Waals surface area contributed by atoms with Crippen molar-refractivity contribution in [3.63, 3.8) is 0 Å². The molecule has 1 aromatic rings. The number of likely N-dealkylation sites (tertiary alicyclic amines) is 1. The zero-order chi connectivity index (χ0) is 15.2. The summed E-state index contributed by atoms with van der Waals surface area (Å²) in [5.74, 6) is 0.785. The molecule has 1 N–H and O–H groups in total. The molecule has 1 aliphatic heterocycles. The van der Waals surface area contributed by atoms with E-state index in [9.17, 15) is 9.59 Å². The number of rotatable bonds is 4. The van der Waals surface area contributed by atoms with Gasteiger partial charge in [-0.3, -0.25) is 9.59 Å². The van der Waals surface area contributed by atoms with Gasteiger partial charge in [0.05, 0.1) is 5.75 Å². The van der Waals surface area contributed by atoms with Crippen molar-refractivity contribution in [2.24, 2.45) is 5.92 Å². The van der Waals surface area contributed by atoms with Crippen LogP contribution in [-0.2, 0) is 9.59 Å². The van der Waals surface area contributed by atoms with Gasteiger partial charge < -0.3 is 10.2 Å². The molecule has 0 bridgehead atoms. The fourth-order valence-electron chi connectivity index (χ4n) is 2.54. The second kappa shape index (κ2) is 7.50. The highest BCUT2D eigenvalue weighted by Crippen LogP contribution is 2.23. The second-order valence-electron chi connectivity index (χ2n) is 5.32. The molecule has 1 aliphatic rings. The molecule has 0 spiro atoms. The lowest BCUT2D eigenvalue weighted by molar-refractivity contribution is -0.133. The molecule has 1 fully saturated rings. The van der Waals surface area contributed by atoms with Crippen molar-refractivity contribution in [1.82, 2.24) is 10.2 Å². The van der Waals surface area contributed by atoms with Crippen LogP contribution >= 0.6 is 11.8 Å². The number of hydrogen-bond acceptors (Lipinski definition) is 3. The summed E-state index contributed by atoms with van der Waals surface area (Å²) in [6.45, 7) is 3.43. The third-order valence-corrected chi connectivity index (χ3v) is 5.07. The van der Waals surface area contributed by atoms with Gasteiger partial charge in [0.15, 0.2) is 0 Å². The molecule has 1 saturated heterocycles. The van der Waals surface area contributed by atoms with E-state index in [2.05, 4.69) is 18.3 Å². The molecule has 0 aromatic heterocycles. The highest BCUT2D eigenvalue weighted by molar-refractivity contribution is 8.00. The predicted octanol–water partition coefficient (Wildman–Crippen LogP) is 2.07. The Bertz CT molecular complexity index is 511. The largest absolute Gasteiger partial charge is 0.359 e. The summed E-state index contributed by atoms with van der Waals surface area (Å²) < 4.78 is 0. The van der Waals surface area contributed by atoms with E-state index in [0.29, 0.717) is 18.8 Å². The Balaban J connectivity index is 1.80. The number of piperidine rings is 1. The van der Waals surface area contributed by atoms with E-state index in [1.165, 1.54) is 5.56 Å². The van der Waals surface area contributed by atoms with Gasteiger partial charge in [-0.25, -0.2) is 0 Å². The molecule has 0 radical (unpaired) electrons. The summed E-state index contributed by atoms with van der Waals surface area (Å²) in [6.07, 6.45) is 1.53. The molecule has 114 valence electrons.